The molecule has 6 unspecified atom stereocenters. The predicted molar refractivity (Wildman–Crippen MR) is 153 cm³/mol. The SMILES string of the molecule is CC1(C)C[C@@H]2CCCNC3CCCC(N3)SNCC3CCC(n4ccc(OCC(C)(C)C(F)(F)F)n4)NC3N1C2. The summed E-state index contributed by atoms with van der Waals surface area (Å²) in [5, 5.41) is 16.4. The van der Waals surface area contributed by atoms with E-state index in [2.05, 4.69) is 44.5 Å². The monoisotopic (exact) mass is 587 g/mol. The quantitative estimate of drug-likeness (QED) is 0.374. The van der Waals surface area contributed by atoms with Gasteiger partial charge in [0, 0.05) is 36.8 Å². The van der Waals surface area contributed by atoms with Crippen LogP contribution >= 0.6 is 11.9 Å². The molecule has 4 aliphatic heterocycles. The summed E-state index contributed by atoms with van der Waals surface area (Å²) < 4.78 is 50.9. The van der Waals surface area contributed by atoms with E-state index in [9.17, 15) is 13.2 Å². The minimum Gasteiger partial charge on any atom is -0.476 e. The van der Waals surface area contributed by atoms with E-state index in [4.69, 9.17) is 4.74 Å². The smallest absolute Gasteiger partial charge is 0.397 e. The zero-order valence-corrected chi connectivity index (χ0v) is 25.2. The Kier molecular flexibility index (Phi) is 9.34. The van der Waals surface area contributed by atoms with Gasteiger partial charge in [-0.1, -0.05) is 11.9 Å². The van der Waals surface area contributed by atoms with Crippen molar-refractivity contribution < 1.29 is 17.9 Å². The minimum absolute atomic E-state index is 0.0382. The van der Waals surface area contributed by atoms with Crippen molar-refractivity contribution in [1.82, 2.24) is 35.4 Å². The highest BCUT2D eigenvalue weighted by atomic mass is 32.2. The van der Waals surface area contributed by atoms with Crippen LogP contribution in [0.3, 0.4) is 0 Å². The van der Waals surface area contributed by atoms with E-state index in [0.717, 1.165) is 46.3 Å². The molecule has 0 radical (unpaired) electrons. The second-order valence-corrected chi connectivity index (χ2v) is 14.6. The molecule has 0 spiro atoms. The molecule has 0 aromatic carbocycles. The summed E-state index contributed by atoms with van der Waals surface area (Å²) >= 11 is 1.83. The summed E-state index contributed by atoms with van der Waals surface area (Å²) in [5.41, 5.74) is -1.86. The van der Waals surface area contributed by atoms with Gasteiger partial charge in [0.15, 0.2) is 0 Å². The number of hydrogen-bond donors (Lipinski definition) is 4. The highest BCUT2D eigenvalue weighted by molar-refractivity contribution is 7.98. The van der Waals surface area contributed by atoms with Crippen molar-refractivity contribution in [2.75, 3.05) is 26.2 Å². The van der Waals surface area contributed by atoms with Crippen LogP contribution in [0.5, 0.6) is 5.88 Å². The molecule has 0 saturated carbocycles. The molecule has 4 fully saturated rings. The molecule has 4 N–H and O–H groups in total. The maximum atomic E-state index is 13.3. The number of nitrogens with one attached hydrogen (secondary N) is 4. The van der Waals surface area contributed by atoms with Crippen molar-refractivity contribution in [3.05, 3.63) is 12.3 Å². The fraction of sp³-hybridized carbons (Fsp3) is 0.893. The Labute approximate surface area is 241 Å². The molecule has 0 amide bonds. The van der Waals surface area contributed by atoms with Crippen LogP contribution in [0.1, 0.15) is 85.2 Å². The first-order valence-corrected chi connectivity index (χ1v) is 15.9. The van der Waals surface area contributed by atoms with Gasteiger partial charge < -0.3 is 10.1 Å². The summed E-state index contributed by atoms with van der Waals surface area (Å²) in [6.07, 6.45) is 7.18. The highest BCUT2D eigenvalue weighted by Crippen LogP contribution is 2.41. The first-order chi connectivity index (χ1) is 18.9. The lowest BCUT2D eigenvalue weighted by molar-refractivity contribution is -0.219. The molecular formula is C28H48F3N7OS. The van der Waals surface area contributed by atoms with Crippen LogP contribution in [0.15, 0.2) is 12.3 Å². The Morgan fingerprint density at radius 1 is 1.10 bits per heavy atom. The van der Waals surface area contributed by atoms with Crippen LogP contribution in [-0.4, -0.2) is 70.3 Å². The molecule has 12 heteroatoms. The van der Waals surface area contributed by atoms with Crippen LogP contribution < -0.4 is 25.4 Å². The van der Waals surface area contributed by atoms with Crippen LogP contribution in [0, 0.1) is 17.3 Å². The van der Waals surface area contributed by atoms with E-state index in [0.29, 0.717) is 23.4 Å². The lowest BCUT2D eigenvalue weighted by atomic mass is 9.90. The summed E-state index contributed by atoms with van der Waals surface area (Å²) in [5.74, 6) is 1.33. The number of ether oxygens (including phenoxy) is 1. The Bertz CT molecular complexity index is 974. The lowest BCUT2D eigenvalue weighted by Crippen LogP contribution is -2.60. The maximum absolute atomic E-state index is 13.3. The normalized spacial score (nSPS) is 35.8. The van der Waals surface area contributed by atoms with Gasteiger partial charge in [0.05, 0.1) is 23.1 Å². The predicted octanol–water partition coefficient (Wildman–Crippen LogP) is 4.82. The molecule has 4 saturated heterocycles. The van der Waals surface area contributed by atoms with Gasteiger partial charge in [-0.2, -0.15) is 13.2 Å². The molecule has 7 atom stereocenters. The number of hydrogen-bond acceptors (Lipinski definition) is 8. The van der Waals surface area contributed by atoms with E-state index < -0.39 is 18.2 Å². The van der Waals surface area contributed by atoms with Gasteiger partial charge >= 0.3 is 6.18 Å². The van der Waals surface area contributed by atoms with Gasteiger partial charge in [-0.3, -0.25) is 24.9 Å². The van der Waals surface area contributed by atoms with E-state index in [1.165, 1.54) is 38.5 Å². The topological polar surface area (TPSA) is 78.4 Å². The lowest BCUT2D eigenvalue weighted by Gasteiger charge is -2.47. The van der Waals surface area contributed by atoms with Gasteiger partial charge in [-0.25, -0.2) is 0 Å². The van der Waals surface area contributed by atoms with Gasteiger partial charge in [0.25, 0.3) is 0 Å². The average molecular weight is 588 g/mol. The van der Waals surface area contributed by atoms with E-state index in [-0.39, 0.29) is 23.8 Å². The van der Waals surface area contributed by atoms with E-state index in [1.54, 1.807) is 6.07 Å². The van der Waals surface area contributed by atoms with E-state index >= 15 is 0 Å². The zero-order chi connectivity index (χ0) is 28.5. The molecule has 8 nitrogen and oxygen atoms in total. The number of rotatable bonds is 4. The molecule has 5 heterocycles. The van der Waals surface area contributed by atoms with Crippen LogP contribution in [0.25, 0.3) is 0 Å². The Morgan fingerprint density at radius 3 is 2.73 bits per heavy atom. The Morgan fingerprint density at radius 2 is 1.93 bits per heavy atom. The van der Waals surface area contributed by atoms with Crippen molar-refractivity contribution >= 4 is 11.9 Å². The second kappa shape index (κ2) is 12.3. The Balaban J connectivity index is 1.28. The van der Waals surface area contributed by atoms with Gasteiger partial charge in [-0.05, 0) is 91.5 Å². The molecule has 1 aromatic heterocycles. The summed E-state index contributed by atoms with van der Waals surface area (Å²) in [4.78, 5) is 2.68. The molecule has 228 valence electrons. The average Bonchev–Trinajstić information content (AvgIpc) is 3.48. The molecule has 4 aliphatic rings. The third-order valence-electron chi connectivity index (χ3n) is 9.33. The van der Waals surface area contributed by atoms with E-state index in [1.807, 2.05) is 22.8 Å². The molecule has 4 bridgehead atoms. The van der Waals surface area contributed by atoms with Gasteiger partial charge in [0.2, 0.25) is 5.88 Å². The largest absolute Gasteiger partial charge is 0.476 e. The molecule has 5 rings (SSSR count). The van der Waals surface area contributed by atoms with Crippen molar-refractivity contribution in [3.8, 4) is 5.88 Å². The summed E-state index contributed by atoms with van der Waals surface area (Å²) in [6.45, 7) is 9.63. The fourth-order valence-electron chi connectivity index (χ4n) is 6.79. The first-order valence-electron chi connectivity index (χ1n) is 15.1. The zero-order valence-electron chi connectivity index (χ0n) is 24.4. The third kappa shape index (κ3) is 7.11. The second-order valence-electron chi connectivity index (χ2n) is 13.5. The number of nitrogens with zero attached hydrogens (tertiary/aromatic N) is 3. The highest BCUT2D eigenvalue weighted by Gasteiger charge is 2.48. The van der Waals surface area contributed by atoms with Gasteiger partial charge in [-0.15, -0.1) is 5.10 Å². The number of piperidine rings is 2. The molecule has 1 aromatic rings. The van der Waals surface area contributed by atoms with Crippen molar-refractivity contribution in [3.63, 3.8) is 0 Å². The first kappa shape index (κ1) is 30.4. The van der Waals surface area contributed by atoms with Crippen LogP contribution in [0.4, 0.5) is 13.2 Å². The molecular weight excluding hydrogens is 539 g/mol. The number of halogens is 3. The summed E-state index contributed by atoms with van der Waals surface area (Å²) in [7, 11) is 0. The van der Waals surface area contributed by atoms with Crippen LogP contribution in [-0.2, 0) is 0 Å². The minimum atomic E-state index is -4.33. The third-order valence-corrected chi connectivity index (χ3v) is 10.3. The Hall–Kier alpha value is -1.05. The molecule has 40 heavy (non-hydrogen) atoms. The standard InChI is InChI=1S/C28H48F3N7OS/c1-26(2,28(29,30)31)18-39-23-12-14-38(36-23)22-11-10-20-16-33-40-24-9-5-8-21(34-24)32-13-6-7-19-15-27(3,4)37(17-19)25(20)35-22/h12,14,19-22,24-25,32-35H,5-11,13,15-18H2,1-4H3/t19-,20?,21?,22?,24?,25?/m0/s1. The number of alkyl halides is 3. The maximum Gasteiger partial charge on any atom is 0.397 e. The number of aromatic nitrogens is 2. The fourth-order valence-corrected chi connectivity index (χ4v) is 7.82. The van der Waals surface area contributed by atoms with Gasteiger partial charge in [0.1, 0.15) is 12.8 Å². The van der Waals surface area contributed by atoms with Crippen molar-refractivity contribution in [2.45, 2.75) is 115 Å². The van der Waals surface area contributed by atoms with Crippen molar-refractivity contribution in [2.24, 2.45) is 17.3 Å². The van der Waals surface area contributed by atoms with Crippen molar-refractivity contribution in [1.29, 1.82) is 0 Å². The molecule has 0 aliphatic carbocycles. The summed E-state index contributed by atoms with van der Waals surface area (Å²) in [6, 6.07) is 1.67. The van der Waals surface area contributed by atoms with Crippen LogP contribution in [0.2, 0.25) is 0 Å². The number of fused-ring (bicyclic) bond motifs is 6.